The van der Waals surface area contributed by atoms with Gasteiger partial charge in [0, 0.05) is 6.08 Å². The van der Waals surface area contributed by atoms with Gasteiger partial charge in [0.2, 0.25) is 5.78 Å². The average Bonchev–Trinajstić information content (AvgIpc) is 1.77. The standard InChI is InChI=1S/C4H2N2O2/c7-3-1-2-5-6-4(3)8/h1-2H. The van der Waals surface area contributed by atoms with E-state index >= 15 is 0 Å². The highest BCUT2D eigenvalue weighted by atomic mass is 16.2. The van der Waals surface area contributed by atoms with Crippen LogP contribution in [-0.2, 0) is 9.59 Å². The molecule has 8 heavy (non-hydrogen) atoms. The molecule has 0 saturated carbocycles. The maximum atomic E-state index is 10.2. The molecule has 0 aromatic carbocycles. The molecule has 0 bridgehead atoms. The van der Waals surface area contributed by atoms with E-state index in [1.807, 2.05) is 0 Å². The molecule has 0 aromatic heterocycles. The number of rotatable bonds is 0. The number of azo groups is 1. The van der Waals surface area contributed by atoms with Crippen LogP contribution >= 0.6 is 0 Å². The van der Waals surface area contributed by atoms with Crippen molar-refractivity contribution in [1.29, 1.82) is 0 Å². The van der Waals surface area contributed by atoms with Crippen molar-refractivity contribution in [2.45, 2.75) is 0 Å². The van der Waals surface area contributed by atoms with E-state index in [2.05, 4.69) is 10.2 Å². The van der Waals surface area contributed by atoms with E-state index in [9.17, 15) is 9.59 Å². The first-order chi connectivity index (χ1) is 3.80. The summed E-state index contributed by atoms with van der Waals surface area (Å²) in [6.45, 7) is 0. The summed E-state index contributed by atoms with van der Waals surface area (Å²) in [5.74, 6) is -1.41. The van der Waals surface area contributed by atoms with Crippen LogP contribution in [0.5, 0.6) is 0 Å². The lowest BCUT2D eigenvalue weighted by molar-refractivity contribution is -0.133. The number of amides is 1. The SMILES string of the molecule is O=C1C=CN=NC1=O. The Bertz CT molecular complexity index is 170. The quantitative estimate of drug-likeness (QED) is 0.414. The third-order valence-electron chi connectivity index (χ3n) is 0.652. The fourth-order valence-corrected chi connectivity index (χ4v) is 0.307. The molecule has 0 saturated heterocycles. The Balaban J connectivity index is 2.89. The van der Waals surface area contributed by atoms with Gasteiger partial charge in [0.15, 0.2) is 0 Å². The molecule has 0 radical (unpaired) electrons. The predicted octanol–water partition coefficient (Wildman–Crippen LogP) is 0.0616. The third kappa shape index (κ3) is 0.676. The Morgan fingerprint density at radius 2 is 2.12 bits per heavy atom. The van der Waals surface area contributed by atoms with Gasteiger partial charge in [-0.05, 0) is 0 Å². The zero-order chi connectivity index (χ0) is 5.98. The summed E-state index contributed by atoms with van der Waals surface area (Å²) < 4.78 is 0. The summed E-state index contributed by atoms with van der Waals surface area (Å²) in [7, 11) is 0. The number of ketones is 1. The van der Waals surface area contributed by atoms with Gasteiger partial charge in [0.1, 0.15) is 0 Å². The van der Waals surface area contributed by atoms with Gasteiger partial charge in [0.05, 0.1) is 6.20 Å². The fraction of sp³-hybridized carbons (Fsp3) is 0. The van der Waals surface area contributed by atoms with E-state index < -0.39 is 11.7 Å². The molecule has 1 heterocycles. The fourth-order valence-electron chi connectivity index (χ4n) is 0.307. The first-order valence-electron chi connectivity index (χ1n) is 1.96. The second-order valence-electron chi connectivity index (χ2n) is 1.20. The molecular formula is C4H2N2O2. The molecule has 4 heteroatoms. The second-order valence-corrected chi connectivity index (χ2v) is 1.20. The van der Waals surface area contributed by atoms with E-state index in [1.54, 1.807) is 0 Å². The lowest BCUT2D eigenvalue weighted by atomic mass is 10.3. The van der Waals surface area contributed by atoms with Gasteiger partial charge in [-0.1, -0.05) is 0 Å². The van der Waals surface area contributed by atoms with E-state index in [0.717, 1.165) is 6.08 Å². The van der Waals surface area contributed by atoms with Crippen LogP contribution in [-0.4, -0.2) is 11.7 Å². The summed E-state index contributed by atoms with van der Waals surface area (Å²) in [5.41, 5.74) is 0. The maximum Gasteiger partial charge on any atom is 0.335 e. The van der Waals surface area contributed by atoms with Gasteiger partial charge in [-0.3, -0.25) is 9.59 Å². The monoisotopic (exact) mass is 110 g/mol. The first kappa shape index (κ1) is 4.83. The van der Waals surface area contributed by atoms with Crippen LogP contribution in [0, 0.1) is 0 Å². The van der Waals surface area contributed by atoms with Crippen LogP contribution in [0.3, 0.4) is 0 Å². The van der Waals surface area contributed by atoms with Crippen molar-refractivity contribution >= 4 is 11.7 Å². The molecule has 1 aliphatic heterocycles. The van der Waals surface area contributed by atoms with E-state index in [0.29, 0.717) is 0 Å². The second kappa shape index (κ2) is 1.65. The molecule has 4 nitrogen and oxygen atoms in total. The molecule has 0 atom stereocenters. The number of carbonyl (C=O) groups is 2. The van der Waals surface area contributed by atoms with Gasteiger partial charge in [-0.15, -0.1) is 5.11 Å². The number of carbonyl (C=O) groups excluding carboxylic acids is 2. The molecule has 0 aromatic rings. The van der Waals surface area contributed by atoms with Gasteiger partial charge in [-0.25, -0.2) is 0 Å². The Morgan fingerprint density at radius 1 is 1.38 bits per heavy atom. The number of nitrogens with zero attached hydrogens (tertiary/aromatic N) is 2. The average molecular weight is 110 g/mol. The minimum Gasteiger partial charge on any atom is -0.284 e. The summed E-state index contributed by atoms with van der Waals surface area (Å²) in [4.78, 5) is 20.3. The van der Waals surface area contributed by atoms with Crippen LogP contribution in [0.15, 0.2) is 22.5 Å². The third-order valence-corrected chi connectivity index (χ3v) is 0.652. The van der Waals surface area contributed by atoms with Crippen molar-refractivity contribution < 1.29 is 9.59 Å². The first-order valence-corrected chi connectivity index (χ1v) is 1.96. The molecule has 0 unspecified atom stereocenters. The van der Waals surface area contributed by atoms with Crippen LogP contribution in [0.25, 0.3) is 0 Å². The summed E-state index contributed by atoms with van der Waals surface area (Å²) >= 11 is 0. The molecular weight excluding hydrogens is 108 g/mol. The summed E-state index contributed by atoms with van der Waals surface area (Å²) in [5, 5.41) is 6.14. The predicted molar refractivity (Wildman–Crippen MR) is 24.0 cm³/mol. The Kier molecular flexibility index (Phi) is 0.997. The molecule has 1 aliphatic rings. The zero-order valence-corrected chi connectivity index (χ0v) is 3.87. The lowest BCUT2D eigenvalue weighted by Gasteiger charge is -1.86. The zero-order valence-electron chi connectivity index (χ0n) is 3.87. The van der Waals surface area contributed by atoms with Crippen LogP contribution < -0.4 is 0 Å². The van der Waals surface area contributed by atoms with Gasteiger partial charge in [0.25, 0.3) is 0 Å². The minimum atomic E-state index is -0.799. The minimum absolute atomic E-state index is 0.611. The van der Waals surface area contributed by atoms with Crippen LogP contribution in [0.1, 0.15) is 0 Å². The highest BCUT2D eigenvalue weighted by Crippen LogP contribution is 1.91. The maximum absolute atomic E-state index is 10.2. The van der Waals surface area contributed by atoms with E-state index in [1.165, 1.54) is 6.20 Å². The van der Waals surface area contributed by atoms with Gasteiger partial charge < -0.3 is 0 Å². The van der Waals surface area contributed by atoms with Crippen molar-refractivity contribution in [3.05, 3.63) is 12.3 Å². The smallest absolute Gasteiger partial charge is 0.284 e. The van der Waals surface area contributed by atoms with Crippen molar-refractivity contribution in [3.8, 4) is 0 Å². The summed E-state index contributed by atoms with van der Waals surface area (Å²) in [6, 6.07) is 0. The largest absolute Gasteiger partial charge is 0.335 e. The molecule has 0 aliphatic carbocycles. The van der Waals surface area contributed by atoms with Crippen molar-refractivity contribution in [2.75, 3.05) is 0 Å². The molecule has 1 amide bonds. The Labute approximate surface area is 44.9 Å². The number of hydrogen-bond acceptors (Lipinski definition) is 3. The molecule has 0 N–H and O–H groups in total. The van der Waals surface area contributed by atoms with Crippen LogP contribution in [0.2, 0.25) is 0 Å². The molecule has 40 valence electrons. The molecule has 1 rings (SSSR count). The van der Waals surface area contributed by atoms with Crippen molar-refractivity contribution in [2.24, 2.45) is 10.2 Å². The highest BCUT2D eigenvalue weighted by molar-refractivity contribution is 6.41. The lowest BCUT2D eigenvalue weighted by Crippen LogP contribution is -2.08. The molecule has 0 fully saturated rings. The summed E-state index contributed by atoms with van der Waals surface area (Å²) in [6.07, 6.45) is 2.26. The van der Waals surface area contributed by atoms with Crippen LogP contribution in [0.4, 0.5) is 0 Å². The van der Waals surface area contributed by atoms with E-state index in [4.69, 9.17) is 0 Å². The molecule has 0 spiro atoms. The number of hydrogen-bond donors (Lipinski definition) is 0. The highest BCUT2D eigenvalue weighted by Gasteiger charge is 2.10. The van der Waals surface area contributed by atoms with Gasteiger partial charge >= 0.3 is 5.91 Å². The normalized spacial score (nSPS) is 17.5. The van der Waals surface area contributed by atoms with Gasteiger partial charge in [-0.2, -0.15) is 5.11 Å². The topological polar surface area (TPSA) is 58.9 Å². The Hall–Kier alpha value is -1.32. The van der Waals surface area contributed by atoms with Crippen molar-refractivity contribution in [3.63, 3.8) is 0 Å². The van der Waals surface area contributed by atoms with Crippen molar-refractivity contribution in [1.82, 2.24) is 0 Å². The Morgan fingerprint density at radius 3 is 2.50 bits per heavy atom. The van der Waals surface area contributed by atoms with E-state index in [-0.39, 0.29) is 0 Å².